The lowest BCUT2D eigenvalue weighted by Crippen LogP contribution is -1.99. The topological polar surface area (TPSA) is 0 Å². The minimum atomic E-state index is 1.02. The molecule has 0 aromatic rings. The lowest BCUT2D eigenvalue weighted by Gasteiger charge is -2.14. The van der Waals surface area contributed by atoms with E-state index in [4.69, 9.17) is 0 Å². The van der Waals surface area contributed by atoms with Crippen LogP contribution in [0.1, 0.15) is 207 Å². The van der Waals surface area contributed by atoms with Gasteiger partial charge in [0.05, 0.1) is 0 Å². The van der Waals surface area contributed by atoms with Crippen molar-refractivity contribution >= 4 is 0 Å². The smallest absolute Gasteiger partial charge is 0.0417 e. The summed E-state index contributed by atoms with van der Waals surface area (Å²) in [6.45, 7) is 7.04. The van der Waals surface area contributed by atoms with Gasteiger partial charge in [-0.1, -0.05) is 207 Å². The van der Waals surface area contributed by atoms with Gasteiger partial charge >= 0.3 is 0 Å². The van der Waals surface area contributed by atoms with Gasteiger partial charge in [0.25, 0.3) is 0 Å². The quantitative estimate of drug-likeness (QED) is 0.0965. The van der Waals surface area contributed by atoms with Crippen molar-refractivity contribution in [3.8, 4) is 0 Å². The molecule has 0 aromatic heterocycles. The molecule has 0 N–H and O–H groups in total. The highest BCUT2D eigenvalue weighted by atomic mass is 14.1. The fourth-order valence-corrected chi connectivity index (χ4v) is 5.45. The average Bonchev–Trinajstić information content (AvgIpc) is 2.83. The second-order valence-corrected chi connectivity index (χ2v) is 11.3. The predicted molar refractivity (Wildman–Crippen MR) is 154 cm³/mol. The Morgan fingerprint density at radius 1 is 0.273 bits per heavy atom. The zero-order valence-electron chi connectivity index (χ0n) is 24.1. The van der Waals surface area contributed by atoms with Gasteiger partial charge in [0.2, 0.25) is 0 Å². The van der Waals surface area contributed by atoms with Gasteiger partial charge in [-0.2, -0.15) is 0 Å². The van der Waals surface area contributed by atoms with Crippen molar-refractivity contribution in [1.82, 2.24) is 0 Å². The molecule has 0 heteroatoms. The highest BCUT2D eigenvalue weighted by Crippen LogP contribution is 2.22. The van der Waals surface area contributed by atoms with Gasteiger partial charge in [0.15, 0.2) is 0 Å². The predicted octanol–water partition coefficient (Wildman–Crippen LogP) is 13.0. The van der Waals surface area contributed by atoms with Gasteiger partial charge in [-0.15, -0.1) is 0 Å². The summed E-state index contributed by atoms with van der Waals surface area (Å²) in [6, 6.07) is 0. The Morgan fingerprint density at radius 2 is 0.485 bits per heavy atom. The van der Waals surface area contributed by atoms with Crippen LogP contribution in [0.2, 0.25) is 0 Å². The molecule has 0 rings (SSSR count). The standard InChI is InChI=1S/C33H68/c1-4-7-9-11-13-15-17-18-19-20-22-24-26-28-30-32-33(6-3)31-29-27-25-23-21-16-14-12-10-8-5-2/h33H,4-32H2,1-3H3. The van der Waals surface area contributed by atoms with E-state index in [9.17, 15) is 0 Å². The Balaban J connectivity index is 3.25. The first-order valence-electron chi connectivity index (χ1n) is 16.3. The van der Waals surface area contributed by atoms with E-state index in [1.165, 1.54) is 186 Å². The van der Waals surface area contributed by atoms with Crippen LogP contribution in [-0.2, 0) is 0 Å². The molecule has 0 nitrogen and oxygen atoms in total. The Bertz CT molecular complexity index is 320. The highest BCUT2D eigenvalue weighted by molar-refractivity contribution is 4.59. The van der Waals surface area contributed by atoms with Gasteiger partial charge in [-0.3, -0.25) is 0 Å². The van der Waals surface area contributed by atoms with Crippen LogP contribution in [0.15, 0.2) is 0 Å². The minimum absolute atomic E-state index is 1.02. The molecule has 0 aromatic carbocycles. The van der Waals surface area contributed by atoms with E-state index in [0.717, 1.165) is 5.92 Å². The molecule has 0 saturated carbocycles. The molecule has 0 aliphatic heterocycles. The number of rotatable bonds is 29. The molecule has 0 fully saturated rings. The third-order valence-corrected chi connectivity index (χ3v) is 8.01. The Kier molecular flexibility index (Phi) is 30.0. The average molecular weight is 465 g/mol. The van der Waals surface area contributed by atoms with Crippen LogP contribution in [0.4, 0.5) is 0 Å². The summed E-state index contributed by atoms with van der Waals surface area (Å²) in [4.78, 5) is 0. The van der Waals surface area contributed by atoms with Crippen LogP contribution in [0.5, 0.6) is 0 Å². The van der Waals surface area contributed by atoms with Crippen molar-refractivity contribution in [2.75, 3.05) is 0 Å². The van der Waals surface area contributed by atoms with Crippen LogP contribution < -0.4 is 0 Å². The summed E-state index contributed by atoms with van der Waals surface area (Å²) in [5.74, 6) is 1.02. The second-order valence-electron chi connectivity index (χ2n) is 11.3. The van der Waals surface area contributed by atoms with Gasteiger partial charge in [0, 0.05) is 0 Å². The minimum Gasteiger partial charge on any atom is -0.0654 e. The summed E-state index contributed by atoms with van der Waals surface area (Å²) < 4.78 is 0. The van der Waals surface area contributed by atoms with Crippen molar-refractivity contribution < 1.29 is 0 Å². The monoisotopic (exact) mass is 465 g/mol. The van der Waals surface area contributed by atoms with Crippen LogP contribution in [0, 0.1) is 5.92 Å². The number of hydrogen-bond donors (Lipinski definition) is 0. The largest absolute Gasteiger partial charge is 0.0654 e. The molecule has 1 unspecified atom stereocenters. The molecular weight excluding hydrogens is 396 g/mol. The molecule has 0 bridgehead atoms. The molecule has 0 amide bonds. The van der Waals surface area contributed by atoms with Crippen molar-refractivity contribution in [3.63, 3.8) is 0 Å². The van der Waals surface area contributed by atoms with Crippen molar-refractivity contribution in [1.29, 1.82) is 0 Å². The van der Waals surface area contributed by atoms with Gasteiger partial charge < -0.3 is 0 Å². The molecule has 0 spiro atoms. The van der Waals surface area contributed by atoms with E-state index < -0.39 is 0 Å². The molecule has 0 radical (unpaired) electrons. The van der Waals surface area contributed by atoms with E-state index in [0.29, 0.717) is 0 Å². The van der Waals surface area contributed by atoms with Gasteiger partial charge in [-0.25, -0.2) is 0 Å². The molecule has 0 saturated heterocycles. The maximum Gasteiger partial charge on any atom is -0.0417 e. The summed E-state index contributed by atoms with van der Waals surface area (Å²) >= 11 is 0. The third kappa shape index (κ3) is 28.1. The first-order valence-corrected chi connectivity index (χ1v) is 16.3. The van der Waals surface area contributed by atoms with Gasteiger partial charge in [-0.05, 0) is 5.92 Å². The lowest BCUT2D eigenvalue weighted by atomic mass is 9.92. The molecule has 1 atom stereocenters. The third-order valence-electron chi connectivity index (χ3n) is 8.01. The summed E-state index contributed by atoms with van der Waals surface area (Å²) in [7, 11) is 0. The lowest BCUT2D eigenvalue weighted by molar-refractivity contribution is 0.392. The number of hydrogen-bond acceptors (Lipinski definition) is 0. The Labute approximate surface area is 212 Å². The van der Waals surface area contributed by atoms with Crippen molar-refractivity contribution in [3.05, 3.63) is 0 Å². The van der Waals surface area contributed by atoms with E-state index in [2.05, 4.69) is 20.8 Å². The van der Waals surface area contributed by atoms with Crippen LogP contribution in [-0.4, -0.2) is 0 Å². The van der Waals surface area contributed by atoms with Crippen molar-refractivity contribution in [2.45, 2.75) is 207 Å². The maximum atomic E-state index is 2.43. The Hall–Kier alpha value is 0. The van der Waals surface area contributed by atoms with E-state index in [1.807, 2.05) is 0 Å². The van der Waals surface area contributed by atoms with Gasteiger partial charge in [0.1, 0.15) is 0 Å². The molecular formula is C33H68. The van der Waals surface area contributed by atoms with E-state index in [-0.39, 0.29) is 0 Å². The maximum absolute atomic E-state index is 2.43. The molecule has 33 heavy (non-hydrogen) atoms. The van der Waals surface area contributed by atoms with Crippen LogP contribution >= 0.6 is 0 Å². The molecule has 200 valence electrons. The summed E-state index contributed by atoms with van der Waals surface area (Å²) in [6.07, 6.45) is 42.8. The zero-order valence-corrected chi connectivity index (χ0v) is 24.1. The van der Waals surface area contributed by atoms with E-state index in [1.54, 1.807) is 0 Å². The van der Waals surface area contributed by atoms with Crippen molar-refractivity contribution in [2.24, 2.45) is 5.92 Å². The van der Waals surface area contributed by atoms with Crippen LogP contribution in [0.3, 0.4) is 0 Å². The highest BCUT2D eigenvalue weighted by Gasteiger charge is 2.06. The van der Waals surface area contributed by atoms with E-state index >= 15 is 0 Å². The fraction of sp³-hybridized carbons (Fsp3) is 1.00. The summed E-state index contributed by atoms with van der Waals surface area (Å²) in [5.41, 5.74) is 0. The first kappa shape index (κ1) is 33.0. The number of unbranched alkanes of at least 4 members (excludes halogenated alkanes) is 24. The zero-order chi connectivity index (χ0) is 24.1. The normalized spacial score (nSPS) is 12.5. The molecule has 0 heterocycles. The van der Waals surface area contributed by atoms with Crippen LogP contribution in [0.25, 0.3) is 0 Å². The SMILES string of the molecule is CCCCCCCCCCCCCCCCCC(CC)CCCCCCCCCCCCC. The molecule has 0 aliphatic carbocycles. The summed E-state index contributed by atoms with van der Waals surface area (Å²) in [5, 5.41) is 0. The Morgan fingerprint density at radius 3 is 0.697 bits per heavy atom. The molecule has 0 aliphatic rings. The first-order chi connectivity index (χ1) is 16.3. The second kappa shape index (κ2) is 30.0. The fourth-order valence-electron chi connectivity index (χ4n) is 5.45.